The molecule has 0 aromatic heterocycles. The Kier molecular flexibility index (Phi) is 20.4. The van der Waals surface area contributed by atoms with Gasteiger partial charge >= 0.3 is 12.4 Å². The smallest absolute Gasteiger partial charge is 0.324 e. The van der Waals surface area contributed by atoms with Gasteiger partial charge in [0.25, 0.3) is 5.84 Å². The van der Waals surface area contributed by atoms with Gasteiger partial charge in [-0.15, -0.1) is 15.3 Å². The highest BCUT2D eigenvalue weighted by Crippen LogP contribution is 2.31. The lowest BCUT2D eigenvalue weighted by molar-refractivity contribution is -0.929. The fourth-order valence-corrected chi connectivity index (χ4v) is 5.20. The maximum atomic E-state index is 12.5. The number of nitriles is 1. The second kappa shape index (κ2) is 23.0. The number of hydrogen-bond donors (Lipinski definition) is 1. The molecule has 0 saturated heterocycles. The lowest BCUT2D eigenvalue weighted by Gasteiger charge is -2.39. The van der Waals surface area contributed by atoms with Crippen molar-refractivity contribution in [1.82, 2.24) is 0 Å². The molecule has 0 aliphatic heterocycles. The molecule has 2 aromatic rings. The molecule has 0 saturated carbocycles. The molecule has 0 radical (unpaired) electrons. The predicted octanol–water partition coefficient (Wildman–Crippen LogP) is 12.3. The van der Waals surface area contributed by atoms with Gasteiger partial charge in [-0.2, -0.15) is 31.6 Å². The van der Waals surface area contributed by atoms with E-state index in [1.807, 2.05) is 0 Å². The van der Waals surface area contributed by atoms with Gasteiger partial charge in [-0.05, 0) is 99.9 Å². The Bertz CT molecular complexity index is 1190. The summed E-state index contributed by atoms with van der Waals surface area (Å²) in [6.45, 7) is 15.1. The van der Waals surface area contributed by atoms with Gasteiger partial charge in [0.1, 0.15) is 6.07 Å². The predicted molar refractivity (Wildman–Crippen MR) is 182 cm³/mol. The molecule has 0 fully saturated rings. The third kappa shape index (κ3) is 17.6. The van der Waals surface area contributed by atoms with Crippen molar-refractivity contribution in [2.75, 3.05) is 31.6 Å². The van der Waals surface area contributed by atoms with Gasteiger partial charge in [0, 0.05) is 0 Å². The second-order valence-electron chi connectivity index (χ2n) is 12.0. The molecule has 2 aromatic carbocycles. The molecule has 2 rings (SSSR count). The summed E-state index contributed by atoms with van der Waals surface area (Å²) in [6, 6.07) is 9.17. The summed E-state index contributed by atoms with van der Waals surface area (Å²) in [5.74, 6) is -0.477. The van der Waals surface area contributed by atoms with E-state index >= 15 is 0 Å². The lowest BCUT2D eigenvalue weighted by atomic mass is 10.1. The van der Waals surface area contributed by atoms with Gasteiger partial charge < -0.3 is 4.48 Å². The number of hydrogen-bond acceptors (Lipinski definition) is 4. The molecular formula is C36H53F6N6+. The minimum atomic E-state index is -4.49. The summed E-state index contributed by atoms with van der Waals surface area (Å²) >= 11 is 0. The summed E-state index contributed by atoms with van der Waals surface area (Å²) in [4.78, 5) is 0. The van der Waals surface area contributed by atoms with Crippen molar-refractivity contribution in [1.29, 1.82) is 5.26 Å². The molecule has 0 atom stereocenters. The van der Waals surface area contributed by atoms with Crippen LogP contribution in [0.2, 0.25) is 0 Å². The van der Waals surface area contributed by atoms with Crippen LogP contribution in [0.15, 0.2) is 63.9 Å². The van der Waals surface area contributed by atoms with E-state index in [0.29, 0.717) is 0 Å². The van der Waals surface area contributed by atoms with Crippen LogP contribution in [0.5, 0.6) is 0 Å². The first-order valence-corrected chi connectivity index (χ1v) is 17.2. The topological polar surface area (TPSA) is 72.9 Å². The molecule has 12 heteroatoms. The zero-order valence-electron chi connectivity index (χ0n) is 28.9. The Hall–Kier alpha value is -3.46. The normalized spacial score (nSPS) is 12.5. The number of benzene rings is 2. The molecule has 0 aliphatic rings. The Morgan fingerprint density at radius 2 is 1.00 bits per heavy atom. The maximum absolute atomic E-state index is 12.5. The number of quaternary nitrogens is 1. The Balaban J connectivity index is 0.000000498. The van der Waals surface area contributed by atoms with Gasteiger partial charge in [0.05, 0.1) is 48.7 Å². The quantitative estimate of drug-likeness (QED) is 0.0304. The fraction of sp³-hybridized carbons (Fsp3) is 0.611. The van der Waals surface area contributed by atoms with Gasteiger partial charge in [0.2, 0.25) is 0 Å². The number of anilines is 1. The van der Waals surface area contributed by atoms with E-state index in [1.54, 1.807) is 6.07 Å². The summed E-state index contributed by atoms with van der Waals surface area (Å²) in [5, 5.41) is 19.5. The van der Waals surface area contributed by atoms with Crippen LogP contribution < -0.4 is 5.43 Å². The molecule has 0 aliphatic carbocycles. The largest absolute Gasteiger partial charge is 0.416 e. The molecule has 48 heavy (non-hydrogen) atoms. The highest BCUT2D eigenvalue weighted by Gasteiger charge is 2.31. The van der Waals surface area contributed by atoms with Crippen molar-refractivity contribution in [3.8, 4) is 6.07 Å². The number of amidine groups is 1. The second-order valence-corrected chi connectivity index (χ2v) is 12.0. The van der Waals surface area contributed by atoms with E-state index in [0.717, 1.165) is 48.5 Å². The van der Waals surface area contributed by atoms with E-state index in [4.69, 9.17) is 5.26 Å². The number of nitrogens with one attached hydrogen (secondary N) is 1. The number of alkyl halides is 6. The summed E-state index contributed by atoms with van der Waals surface area (Å²) in [5.41, 5.74) is 0.849. The van der Waals surface area contributed by atoms with Crippen molar-refractivity contribution in [3.63, 3.8) is 0 Å². The molecule has 0 spiro atoms. The van der Waals surface area contributed by atoms with Crippen molar-refractivity contribution in [2.24, 2.45) is 15.3 Å². The monoisotopic (exact) mass is 683 g/mol. The van der Waals surface area contributed by atoms with Gasteiger partial charge in [-0.3, -0.25) is 5.43 Å². The molecule has 6 nitrogen and oxygen atoms in total. The van der Waals surface area contributed by atoms with Crippen LogP contribution >= 0.6 is 0 Å². The lowest BCUT2D eigenvalue weighted by Crippen LogP contribution is -2.50. The van der Waals surface area contributed by atoms with E-state index in [-0.39, 0.29) is 11.4 Å². The van der Waals surface area contributed by atoms with E-state index < -0.39 is 29.3 Å². The molecule has 0 bridgehead atoms. The van der Waals surface area contributed by atoms with Crippen LogP contribution in [0.4, 0.5) is 37.7 Å². The zero-order valence-corrected chi connectivity index (χ0v) is 28.9. The summed E-state index contributed by atoms with van der Waals surface area (Å²) in [6.07, 6.45) is 7.96. The highest BCUT2D eigenvalue weighted by molar-refractivity contribution is 5.97. The van der Waals surface area contributed by atoms with Gasteiger partial charge in [-0.1, -0.05) is 53.4 Å². The average Bonchev–Trinajstić information content (AvgIpc) is 3.05. The van der Waals surface area contributed by atoms with Crippen LogP contribution in [-0.4, -0.2) is 36.5 Å². The summed E-state index contributed by atoms with van der Waals surface area (Å²) in [7, 11) is 0. The SMILES string of the molecule is CCCCC[N+](CCCCC)(CCCCC)CCCCC.N#CC(/N=N/c1ccc(C(F)(F)F)cc1)=N\Nc1ccc(C(F)(F)F)cc1. The highest BCUT2D eigenvalue weighted by atomic mass is 19.4. The first-order valence-electron chi connectivity index (χ1n) is 17.2. The van der Waals surface area contributed by atoms with E-state index in [1.165, 1.54) is 108 Å². The van der Waals surface area contributed by atoms with Crippen LogP contribution in [0.1, 0.15) is 116 Å². The Morgan fingerprint density at radius 1 is 0.625 bits per heavy atom. The number of nitrogens with zero attached hydrogens (tertiary/aromatic N) is 5. The number of azo groups is 1. The number of rotatable bonds is 19. The molecule has 0 unspecified atom stereocenters. The van der Waals surface area contributed by atoms with Gasteiger partial charge in [-0.25, -0.2) is 0 Å². The molecular weight excluding hydrogens is 630 g/mol. The molecule has 0 heterocycles. The molecule has 268 valence electrons. The van der Waals surface area contributed by atoms with Crippen molar-refractivity contribution >= 4 is 17.2 Å². The standard InChI is InChI=1S/C20H44N.C16H9F6N5/c1-5-9-13-17-21(18-14-10-6-2,19-15-11-7-3)20-16-12-8-4;17-15(18,19)10-1-5-12(6-2-10)24-26-14(9-23)27-25-13-7-3-11(4-8-13)16(20,21)22/h5-20H2,1-4H3;1-8,24H/q+1;/b;26-14+,27-25+. The van der Waals surface area contributed by atoms with Crippen molar-refractivity contribution in [2.45, 2.75) is 117 Å². The first kappa shape index (κ1) is 42.6. The third-order valence-electron chi connectivity index (χ3n) is 8.00. The third-order valence-corrected chi connectivity index (χ3v) is 8.00. The van der Waals surface area contributed by atoms with Gasteiger partial charge in [0.15, 0.2) is 0 Å². The van der Waals surface area contributed by atoms with E-state index in [9.17, 15) is 26.3 Å². The Morgan fingerprint density at radius 3 is 1.33 bits per heavy atom. The molecule has 0 amide bonds. The van der Waals surface area contributed by atoms with Crippen molar-refractivity contribution < 1.29 is 30.8 Å². The van der Waals surface area contributed by atoms with E-state index in [2.05, 4.69) is 48.5 Å². The molecule has 1 N–H and O–H groups in total. The minimum absolute atomic E-state index is 0.0560. The average molecular weight is 684 g/mol. The van der Waals surface area contributed by atoms with Crippen LogP contribution in [-0.2, 0) is 12.4 Å². The number of unbranched alkanes of at least 4 members (excludes halogenated alkanes) is 8. The fourth-order valence-electron chi connectivity index (χ4n) is 5.20. The van der Waals surface area contributed by atoms with Crippen LogP contribution in [0.25, 0.3) is 0 Å². The number of hydrazone groups is 1. The first-order chi connectivity index (χ1) is 22.8. The van der Waals surface area contributed by atoms with Crippen molar-refractivity contribution in [3.05, 3.63) is 59.7 Å². The minimum Gasteiger partial charge on any atom is -0.324 e. The van der Waals surface area contributed by atoms with Crippen LogP contribution in [0, 0.1) is 11.3 Å². The zero-order chi connectivity index (χ0) is 35.9. The Labute approximate surface area is 282 Å². The number of halogens is 6. The maximum Gasteiger partial charge on any atom is 0.416 e. The van der Waals surface area contributed by atoms with Crippen LogP contribution in [0.3, 0.4) is 0 Å². The summed E-state index contributed by atoms with van der Waals surface area (Å²) < 4.78 is 76.2.